The molecule has 5 heavy (non-hydrogen) atoms. The van der Waals surface area contributed by atoms with Crippen LogP contribution in [0.5, 0.6) is 0 Å². The van der Waals surface area contributed by atoms with Crippen molar-refractivity contribution >= 4 is 0 Å². The van der Waals surface area contributed by atoms with E-state index in [0.29, 0.717) is 0 Å². The Morgan fingerprint density at radius 2 is 0.800 bits per heavy atom. The van der Waals surface area contributed by atoms with Crippen LogP contribution in [0.1, 0.15) is 8.85 Å². The van der Waals surface area contributed by atoms with Gasteiger partial charge in [-0.25, -0.2) is 0 Å². The van der Waals surface area contributed by atoms with E-state index in [1.54, 1.807) is 0 Å². The van der Waals surface area contributed by atoms with Gasteiger partial charge in [-0.1, -0.05) is 7.43 Å². The van der Waals surface area contributed by atoms with E-state index in [1.165, 1.54) is 0 Å². The van der Waals surface area contributed by atoms with Crippen LogP contribution in [0, 0.1) is 0 Å². The maximum absolute atomic E-state index is 0. The van der Waals surface area contributed by atoms with Crippen molar-refractivity contribution in [1.82, 2.24) is 0 Å². The Kier molecular flexibility index (Phi) is 972. The molecule has 0 saturated carbocycles. The summed E-state index contributed by atoms with van der Waals surface area (Å²) in [6.07, 6.45) is 0. The smallest absolute Gasteiger partial charge is 1.00 e. The molecule has 4 heteroatoms. The SMILES string of the molecule is C.F.F.F.[H-].[K+]. The van der Waals surface area contributed by atoms with E-state index in [0.717, 1.165) is 0 Å². The van der Waals surface area contributed by atoms with Crippen molar-refractivity contribution in [3.8, 4) is 0 Å². The van der Waals surface area contributed by atoms with E-state index in [9.17, 15) is 0 Å². The van der Waals surface area contributed by atoms with Crippen molar-refractivity contribution in [1.29, 1.82) is 0 Å². The molecule has 0 radical (unpaired) electrons. The van der Waals surface area contributed by atoms with Crippen LogP contribution in [0.4, 0.5) is 14.1 Å². The normalized spacial score (nSPS) is 0. The van der Waals surface area contributed by atoms with Crippen molar-refractivity contribution < 1.29 is 66.9 Å². The van der Waals surface area contributed by atoms with Crippen LogP contribution in [-0.2, 0) is 0 Å². The first-order chi connectivity index (χ1) is 0. The van der Waals surface area contributed by atoms with Gasteiger partial charge in [-0.3, -0.25) is 14.1 Å². The largest absolute Gasteiger partial charge is 1.00 e. The van der Waals surface area contributed by atoms with Crippen LogP contribution < -0.4 is 51.4 Å². The summed E-state index contributed by atoms with van der Waals surface area (Å²) >= 11 is 0. The third-order valence-electron chi connectivity index (χ3n) is 0. The fraction of sp³-hybridized carbons (Fsp3) is 1.00. The molecular weight excluding hydrogens is 108 g/mol. The first-order valence-corrected chi connectivity index (χ1v) is 0. The van der Waals surface area contributed by atoms with Crippen LogP contribution >= 0.6 is 0 Å². The van der Waals surface area contributed by atoms with Gasteiger partial charge in [0, 0.05) is 0 Å². The first kappa shape index (κ1) is 93.0. The fourth-order valence-electron chi connectivity index (χ4n) is 0. The molecule has 0 atom stereocenters. The van der Waals surface area contributed by atoms with Gasteiger partial charge in [0.15, 0.2) is 0 Å². The molecule has 0 aliphatic rings. The van der Waals surface area contributed by atoms with Crippen LogP contribution in [-0.4, -0.2) is 0 Å². The van der Waals surface area contributed by atoms with Gasteiger partial charge >= 0.3 is 51.4 Å². The van der Waals surface area contributed by atoms with Crippen LogP contribution in [0.25, 0.3) is 0 Å². The zero-order chi connectivity index (χ0) is 0. The second-order valence-electron chi connectivity index (χ2n) is 0. The van der Waals surface area contributed by atoms with Gasteiger partial charge in [-0.15, -0.1) is 0 Å². The van der Waals surface area contributed by atoms with E-state index in [1.807, 2.05) is 0 Å². The third-order valence-corrected chi connectivity index (χ3v) is 0. The van der Waals surface area contributed by atoms with Gasteiger partial charge in [-0.05, 0) is 0 Å². The molecule has 0 aliphatic carbocycles. The average Bonchev–Trinajstić information content (AvgIpc) is 0. The Morgan fingerprint density at radius 1 is 0.800 bits per heavy atom. The molecule has 34 valence electrons. The fourth-order valence-corrected chi connectivity index (χ4v) is 0. The van der Waals surface area contributed by atoms with Crippen LogP contribution in [0.2, 0.25) is 0 Å². The van der Waals surface area contributed by atoms with E-state index < -0.39 is 0 Å². The third kappa shape index (κ3) is 31.3. The molecule has 0 bridgehead atoms. The Balaban J connectivity index is 0. The van der Waals surface area contributed by atoms with Gasteiger partial charge < -0.3 is 1.43 Å². The summed E-state index contributed by atoms with van der Waals surface area (Å²) in [5, 5.41) is 0. The standard InChI is InChI=1S/CH4.3FH.K.H/h1H4;3*1H;;/q;;;;+1;-1. The molecule has 0 fully saturated rings. The van der Waals surface area contributed by atoms with Gasteiger partial charge in [0.1, 0.15) is 0 Å². The Hall–Kier alpha value is 1.43. The number of rotatable bonds is 0. The molecule has 0 amide bonds. The summed E-state index contributed by atoms with van der Waals surface area (Å²) in [6, 6.07) is 0. The minimum atomic E-state index is 0. The molecule has 0 aromatic rings. The molecule has 0 heterocycles. The molecular formula is CH8F3K. The number of halogens is 3. The molecule has 0 saturated heterocycles. The maximum atomic E-state index is 0. The van der Waals surface area contributed by atoms with Gasteiger partial charge in [0.05, 0.1) is 0 Å². The summed E-state index contributed by atoms with van der Waals surface area (Å²) in [7, 11) is 0. The molecule has 0 nitrogen and oxygen atoms in total. The van der Waals surface area contributed by atoms with Crippen molar-refractivity contribution in [2.45, 2.75) is 7.43 Å². The Morgan fingerprint density at radius 3 is 0.800 bits per heavy atom. The van der Waals surface area contributed by atoms with Gasteiger partial charge in [0.25, 0.3) is 0 Å². The molecule has 0 aromatic heterocycles. The monoisotopic (exact) mass is 116 g/mol. The second-order valence-corrected chi connectivity index (χ2v) is 0. The van der Waals surface area contributed by atoms with Gasteiger partial charge in [-0.2, -0.15) is 0 Å². The van der Waals surface area contributed by atoms with Crippen molar-refractivity contribution in [3.05, 3.63) is 0 Å². The zero-order valence-electron chi connectivity index (χ0n) is 3.22. The summed E-state index contributed by atoms with van der Waals surface area (Å²) in [5.41, 5.74) is 0. The van der Waals surface area contributed by atoms with Crippen LogP contribution in [0.3, 0.4) is 0 Å². The second kappa shape index (κ2) is 52.3. The van der Waals surface area contributed by atoms with Gasteiger partial charge in [0.2, 0.25) is 0 Å². The molecule has 0 aromatic carbocycles. The van der Waals surface area contributed by atoms with E-state index in [2.05, 4.69) is 0 Å². The Labute approximate surface area is 73.3 Å². The van der Waals surface area contributed by atoms with E-state index >= 15 is 0 Å². The van der Waals surface area contributed by atoms with Crippen molar-refractivity contribution in [2.75, 3.05) is 0 Å². The summed E-state index contributed by atoms with van der Waals surface area (Å²) in [4.78, 5) is 0. The Bertz CT molecular complexity index is 10.8. The maximum Gasteiger partial charge on any atom is 1.00 e. The van der Waals surface area contributed by atoms with E-state index in [-0.39, 0.29) is 74.4 Å². The molecule has 0 N–H and O–H groups in total. The summed E-state index contributed by atoms with van der Waals surface area (Å²) in [5.74, 6) is 0. The zero-order valence-corrected chi connectivity index (χ0v) is 5.35. The average molecular weight is 116 g/mol. The number of hydrogen-bond acceptors (Lipinski definition) is 0. The predicted molar refractivity (Wildman–Crippen MR) is 15.4 cm³/mol. The minimum absolute atomic E-state index is 0. The summed E-state index contributed by atoms with van der Waals surface area (Å²) in [6.45, 7) is 0. The molecule has 0 spiro atoms. The molecule has 0 rings (SSSR count). The number of hydrogen-bond donors (Lipinski definition) is 0. The minimum Gasteiger partial charge on any atom is -1.00 e. The summed E-state index contributed by atoms with van der Waals surface area (Å²) < 4.78 is 0. The van der Waals surface area contributed by atoms with Crippen LogP contribution in [0.15, 0.2) is 0 Å². The van der Waals surface area contributed by atoms with Crippen molar-refractivity contribution in [3.63, 3.8) is 0 Å². The van der Waals surface area contributed by atoms with E-state index in [4.69, 9.17) is 0 Å². The quantitative estimate of drug-likeness (QED) is 0.328. The molecule has 0 aliphatic heterocycles. The molecule has 0 unspecified atom stereocenters. The van der Waals surface area contributed by atoms with Crippen molar-refractivity contribution in [2.24, 2.45) is 0 Å². The topological polar surface area (TPSA) is 0 Å². The first-order valence-electron chi connectivity index (χ1n) is 0. The predicted octanol–water partition coefficient (Wildman–Crippen LogP) is -1.79.